The van der Waals surface area contributed by atoms with Crippen molar-refractivity contribution in [2.75, 3.05) is 5.84 Å². The molecule has 2 rings (SSSR count). The Bertz CT molecular complexity index is 659. The first-order valence-corrected chi connectivity index (χ1v) is 6.30. The third-order valence-corrected chi connectivity index (χ3v) is 3.36. The van der Waals surface area contributed by atoms with Crippen molar-refractivity contribution in [1.29, 1.82) is 5.26 Å². The zero-order chi connectivity index (χ0) is 14.8. The second-order valence-electron chi connectivity index (χ2n) is 3.77. The first kappa shape index (κ1) is 14.2. The van der Waals surface area contributed by atoms with Crippen molar-refractivity contribution in [3.05, 3.63) is 41.2 Å². The van der Waals surface area contributed by atoms with E-state index in [1.54, 1.807) is 24.3 Å². The van der Waals surface area contributed by atoms with Crippen LogP contribution in [0.2, 0.25) is 0 Å². The van der Waals surface area contributed by atoms with Crippen LogP contribution in [0.25, 0.3) is 0 Å². The van der Waals surface area contributed by atoms with Crippen LogP contribution in [0.3, 0.4) is 0 Å². The van der Waals surface area contributed by atoms with Gasteiger partial charge in [-0.1, -0.05) is 23.9 Å². The summed E-state index contributed by atoms with van der Waals surface area (Å²) in [6, 6.07) is 8.73. The summed E-state index contributed by atoms with van der Waals surface area (Å²) >= 11 is 1.01. The molecule has 1 heterocycles. The highest BCUT2D eigenvalue weighted by Gasteiger charge is 2.38. The van der Waals surface area contributed by atoms with Crippen molar-refractivity contribution in [3.8, 4) is 6.07 Å². The first-order chi connectivity index (χ1) is 9.41. The Labute approximate surface area is 116 Å². The predicted molar refractivity (Wildman–Crippen MR) is 65.9 cm³/mol. The molecule has 2 aromatic rings. The lowest BCUT2D eigenvalue weighted by atomic mass is 10.2. The molecular weight excluding hydrogens is 291 g/mol. The minimum Gasteiger partial charge on any atom is -0.335 e. The number of halogens is 3. The molecule has 0 amide bonds. The van der Waals surface area contributed by atoms with Gasteiger partial charge >= 0.3 is 6.18 Å². The van der Waals surface area contributed by atoms with Crippen molar-refractivity contribution < 1.29 is 13.2 Å². The maximum Gasteiger partial charge on any atom is 0.453 e. The topological polar surface area (TPSA) is 80.5 Å². The van der Waals surface area contributed by atoms with Crippen LogP contribution in [0.4, 0.5) is 13.2 Å². The molecule has 1 aromatic heterocycles. The van der Waals surface area contributed by atoms with Gasteiger partial charge in [0.2, 0.25) is 5.16 Å². The molecule has 0 radical (unpaired) electrons. The van der Waals surface area contributed by atoms with Gasteiger partial charge in [0.05, 0.1) is 11.6 Å². The molecule has 0 saturated carbocycles. The van der Waals surface area contributed by atoms with E-state index in [0.717, 1.165) is 17.3 Å². The average molecular weight is 299 g/mol. The number of nitrogens with two attached hydrogens (primary N) is 1. The van der Waals surface area contributed by atoms with Crippen LogP contribution >= 0.6 is 11.8 Å². The van der Waals surface area contributed by atoms with Gasteiger partial charge in [0.15, 0.2) is 0 Å². The molecule has 2 N–H and O–H groups in total. The minimum absolute atomic E-state index is 0.0420. The van der Waals surface area contributed by atoms with Gasteiger partial charge in [-0.3, -0.25) is 0 Å². The zero-order valence-electron chi connectivity index (χ0n) is 9.92. The fourth-order valence-electron chi connectivity index (χ4n) is 1.45. The molecule has 5 nitrogen and oxygen atoms in total. The van der Waals surface area contributed by atoms with E-state index < -0.39 is 12.0 Å². The van der Waals surface area contributed by atoms with Crippen molar-refractivity contribution in [3.63, 3.8) is 0 Å². The number of benzene rings is 1. The largest absolute Gasteiger partial charge is 0.453 e. The van der Waals surface area contributed by atoms with Crippen molar-refractivity contribution in [2.24, 2.45) is 0 Å². The second-order valence-corrected chi connectivity index (χ2v) is 4.72. The van der Waals surface area contributed by atoms with Gasteiger partial charge < -0.3 is 5.84 Å². The molecule has 0 aliphatic heterocycles. The molecule has 0 spiro atoms. The molecule has 0 atom stereocenters. The van der Waals surface area contributed by atoms with Crippen molar-refractivity contribution >= 4 is 11.8 Å². The molecule has 9 heteroatoms. The van der Waals surface area contributed by atoms with E-state index in [2.05, 4.69) is 10.2 Å². The molecule has 1 aromatic carbocycles. The lowest BCUT2D eigenvalue weighted by Crippen LogP contribution is -2.21. The van der Waals surface area contributed by atoms with Crippen LogP contribution in [-0.4, -0.2) is 14.9 Å². The van der Waals surface area contributed by atoms with Crippen LogP contribution < -0.4 is 5.84 Å². The second kappa shape index (κ2) is 5.42. The normalized spacial score (nSPS) is 11.3. The van der Waals surface area contributed by atoms with E-state index in [1.807, 2.05) is 6.07 Å². The van der Waals surface area contributed by atoms with E-state index in [-0.39, 0.29) is 5.16 Å². The molecule has 104 valence electrons. The summed E-state index contributed by atoms with van der Waals surface area (Å²) < 4.78 is 37.8. The number of nitrogens with zero attached hydrogens (tertiary/aromatic N) is 4. The summed E-state index contributed by atoms with van der Waals surface area (Å²) in [7, 11) is 0. The van der Waals surface area contributed by atoms with Gasteiger partial charge in [-0.2, -0.15) is 18.4 Å². The fourth-order valence-corrected chi connectivity index (χ4v) is 2.25. The highest BCUT2D eigenvalue weighted by atomic mass is 32.2. The number of hydrogen-bond acceptors (Lipinski definition) is 5. The van der Waals surface area contributed by atoms with E-state index in [0.29, 0.717) is 16.0 Å². The Balaban J connectivity index is 2.12. The molecule has 0 unspecified atom stereocenters. The van der Waals surface area contributed by atoms with Gasteiger partial charge in [0.1, 0.15) is 0 Å². The van der Waals surface area contributed by atoms with E-state index in [1.165, 1.54) is 0 Å². The van der Waals surface area contributed by atoms with Crippen LogP contribution in [0.1, 0.15) is 17.0 Å². The summed E-state index contributed by atoms with van der Waals surface area (Å²) in [5.74, 6) is 4.40. The maximum atomic E-state index is 12.5. The SMILES string of the molecule is N#Cc1cccc(CSc2nnc(C(F)(F)F)n2N)c1. The van der Waals surface area contributed by atoms with Gasteiger partial charge in [-0.25, -0.2) is 4.68 Å². The number of nitrogen functional groups attached to an aromatic ring is 1. The lowest BCUT2D eigenvalue weighted by Gasteiger charge is -2.06. The van der Waals surface area contributed by atoms with E-state index in [4.69, 9.17) is 11.1 Å². The summed E-state index contributed by atoms with van der Waals surface area (Å²) in [6.45, 7) is 0. The average Bonchev–Trinajstić information content (AvgIpc) is 2.78. The quantitative estimate of drug-likeness (QED) is 0.694. The minimum atomic E-state index is -4.64. The third-order valence-electron chi connectivity index (χ3n) is 2.34. The standard InChI is InChI=1S/C11H8F3N5S/c12-11(13,14)9-17-18-10(19(9)16)20-6-8-3-1-2-7(4-8)5-15/h1-4H,6,16H2. The van der Waals surface area contributed by atoms with E-state index in [9.17, 15) is 13.2 Å². The summed E-state index contributed by atoms with van der Waals surface area (Å²) in [5, 5.41) is 15.1. The molecular formula is C11H8F3N5S. The first-order valence-electron chi connectivity index (χ1n) is 5.31. The summed E-state index contributed by atoms with van der Waals surface area (Å²) in [4.78, 5) is 0. The van der Waals surface area contributed by atoms with Crippen molar-refractivity contribution in [1.82, 2.24) is 14.9 Å². The molecule has 0 fully saturated rings. The van der Waals surface area contributed by atoms with Gasteiger partial charge in [0, 0.05) is 5.75 Å². The smallest absolute Gasteiger partial charge is 0.335 e. The highest BCUT2D eigenvalue weighted by Crippen LogP contribution is 2.29. The molecule has 0 bridgehead atoms. The summed E-state index contributed by atoms with van der Waals surface area (Å²) in [5.41, 5.74) is 1.26. The highest BCUT2D eigenvalue weighted by molar-refractivity contribution is 7.98. The van der Waals surface area contributed by atoms with E-state index >= 15 is 0 Å². The Morgan fingerprint density at radius 2 is 2.10 bits per heavy atom. The third kappa shape index (κ3) is 3.03. The Hall–Kier alpha value is -2.21. The van der Waals surface area contributed by atoms with Crippen molar-refractivity contribution in [2.45, 2.75) is 17.1 Å². The van der Waals surface area contributed by atoms with Gasteiger partial charge in [-0.05, 0) is 17.7 Å². The predicted octanol–water partition coefficient (Wildman–Crippen LogP) is 2.17. The number of rotatable bonds is 3. The number of thioether (sulfide) groups is 1. The monoisotopic (exact) mass is 299 g/mol. The molecule has 20 heavy (non-hydrogen) atoms. The molecule has 0 saturated heterocycles. The number of nitriles is 1. The number of hydrogen-bond donors (Lipinski definition) is 1. The molecule has 0 aliphatic carbocycles. The lowest BCUT2D eigenvalue weighted by molar-refractivity contribution is -0.146. The molecule has 0 aliphatic rings. The Morgan fingerprint density at radius 1 is 1.35 bits per heavy atom. The van der Waals surface area contributed by atoms with Crippen LogP contribution in [0.15, 0.2) is 29.4 Å². The van der Waals surface area contributed by atoms with Crippen LogP contribution in [0.5, 0.6) is 0 Å². The Kier molecular flexibility index (Phi) is 3.85. The fraction of sp³-hybridized carbons (Fsp3) is 0.182. The summed E-state index contributed by atoms with van der Waals surface area (Å²) in [6.07, 6.45) is -4.64. The number of alkyl halides is 3. The Morgan fingerprint density at radius 3 is 2.70 bits per heavy atom. The van der Waals surface area contributed by atoms with Gasteiger partial charge in [0.25, 0.3) is 5.82 Å². The maximum absolute atomic E-state index is 12.5. The van der Waals surface area contributed by atoms with Gasteiger partial charge in [-0.15, -0.1) is 10.2 Å². The van der Waals surface area contributed by atoms with Crippen LogP contribution in [-0.2, 0) is 11.9 Å². The number of aromatic nitrogens is 3. The zero-order valence-corrected chi connectivity index (χ0v) is 10.7. The van der Waals surface area contributed by atoms with Crippen LogP contribution in [0, 0.1) is 11.3 Å².